The Hall–Kier alpha value is -2.60. The summed E-state index contributed by atoms with van der Waals surface area (Å²) in [5.74, 6) is 2.71. The van der Waals surface area contributed by atoms with Crippen LogP contribution in [0.15, 0.2) is 52.0 Å². The molecule has 25 heavy (non-hydrogen) atoms. The molecule has 0 aliphatic rings. The predicted octanol–water partition coefficient (Wildman–Crippen LogP) is 1.74. The molecule has 8 heteroatoms. The van der Waals surface area contributed by atoms with Crippen LogP contribution >= 0.6 is 0 Å². The van der Waals surface area contributed by atoms with Crippen LogP contribution in [0.2, 0.25) is 0 Å². The number of hydroxylamine groups is 1. The maximum atomic E-state index is 12.6. The Balaban J connectivity index is 2.22. The smallest absolute Gasteiger partial charge is 0.264 e. The average molecular weight is 362 g/mol. The number of hydrogen-bond donors (Lipinski definition) is 0. The summed E-state index contributed by atoms with van der Waals surface area (Å²) in [5, 5.41) is 0. The van der Waals surface area contributed by atoms with E-state index >= 15 is 0 Å². The highest BCUT2D eigenvalue weighted by atomic mass is 32.2. The van der Waals surface area contributed by atoms with Crippen molar-refractivity contribution >= 4 is 15.9 Å². The van der Waals surface area contributed by atoms with Crippen molar-refractivity contribution in [2.24, 2.45) is 0 Å². The van der Waals surface area contributed by atoms with Gasteiger partial charge in [0.05, 0.1) is 31.4 Å². The van der Waals surface area contributed by atoms with Gasteiger partial charge in [0, 0.05) is 12.6 Å². The van der Waals surface area contributed by atoms with Crippen molar-refractivity contribution in [1.29, 1.82) is 0 Å². The van der Waals surface area contributed by atoms with E-state index in [1.54, 1.807) is 12.1 Å². The van der Waals surface area contributed by atoms with E-state index in [2.05, 4.69) is 5.92 Å². The fourth-order valence-corrected chi connectivity index (χ4v) is 3.07. The van der Waals surface area contributed by atoms with E-state index in [1.165, 1.54) is 49.6 Å². The molecule has 0 atom stereocenters. The molecule has 2 aromatic rings. The summed E-state index contributed by atoms with van der Waals surface area (Å²) in [6.07, 6.45) is 6.84. The number of furan rings is 1. The number of amides is 1. The first-order valence-electron chi connectivity index (χ1n) is 7.28. The van der Waals surface area contributed by atoms with Crippen LogP contribution < -0.4 is 0 Å². The highest BCUT2D eigenvalue weighted by molar-refractivity contribution is 7.89. The third-order valence-corrected chi connectivity index (χ3v) is 5.18. The number of carbonyl (C=O) groups excluding carboxylic acids is 1. The lowest BCUT2D eigenvalue weighted by Crippen LogP contribution is -2.31. The van der Waals surface area contributed by atoms with Crippen molar-refractivity contribution in [1.82, 2.24) is 9.37 Å². The van der Waals surface area contributed by atoms with Gasteiger partial charge in [0.2, 0.25) is 0 Å². The van der Waals surface area contributed by atoms with Gasteiger partial charge in [-0.3, -0.25) is 9.63 Å². The Bertz CT molecular complexity index is 851. The number of terminal acetylenes is 1. The van der Waals surface area contributed by atoms with Crippen molar-refractivity contribution in [3.05, 3.63) is 54.0 Å². The number of hydrogen-bond acceptors (Lipinski definition) is 5. The summed E-state index contributed by atoms with van der Waals surface area (Å²) < 4.78 is 30.3. The Kier molecular flexibility index (Phi) is 5.98. The van der Waals surface area contributed by atoms with Gasteiger partial charge in [-0.25, -0.2) is 8.42 Å². The SMILES string of the molecule is C#CCN(Cc1ccco1)C(=O)c1ccc(S(=O)(=O)N(C)OC)cc1. The first kappa shape index (κ1) is 18.7. The lowest BCUT2D eigenvalue weighted by molar-refractivity contribution is -0.0258. The second-order valence-electron chi connectivity index (χ2n) is 5.07. The molecule has 1 amide bonds. The van der Waals surface area contributed by atoms with Gasteiger partial charge < -0.3 is 9.32 Å². The summed E-state index contributed by atoms with van der Waals surface area (Å²) in [6, 6.07) is 9.03. The molecule has 1 heterocycles. The van der Waals surface area contributed by atoms with Crippen molar-refractivity contribution in [2.75, 3.05) is 20.7 Å². The zero-order valence-electron chi connectivity index (χ0n) is 13.9. The molecular weight excluding hydrogens is 344 g/mol. The number of nitrogens with zero attached hydrogens (tertiary/aromatic N) is 2. The van der Waals surface area contributed by atoms with Crippen LogP contribution in [0.25, 0.3) is 0 Å². The van der Waals surface area contributed by atoms with Gasteiger partial charge in [0.25, 0.3) is 15.9 Å². The summed E-state index contributed by atoms with van der Waals surface area (Å²) >= 11 is 0. The Morgan fingerprint density at radius 2 is 1.96 bits per heavy atom. The van der Waals surface area contributed by atoms with Gasteiger partial charge >= 0.3 is 0 Å². The van der Waals surface area contributed by atoms with Gasteiger partial charge in [0.15, 0.2) is 0 Å². The van der Waals surface area contributed by atoms with E-state index < -0.39 is 10.0 Å². The van der Waals surface area contributed by atoms with Gasteiger partial charge in [-0.15, -0.1) is 6.42 Å². The molecule has 0 fully saturated rings. The van der Waals surface area contributed by atoms with Crippen LogP contribution in [0.5, 0.6) is 0 Å². The fraction of sp³-hybridized carbons (Fsp3) is 0.235. The van der Waals surface area contributed by atoms with Crippen LogP contribution in [-0.4, -0.2) is 44.4 Å². The zero-order chi connectivity index (χ0) is 18.4. The molecule has 0 aliphatic carbocycles. The van der Waals surface area contributed by atoms with Gasteiger partial charge in [-0.2, -0.15) is 0 Å². The Labute approximate surface area is 146 Å². The summed E-state index contributed by atoms with van der Waals surface area (Å²) in [4.78, 5) is 18.8. The van der Waals surface area contributed by atoms with Crippen LogP contribution in [0.3, 0.4) is 0 Å². The van der Waals surface area contributed by atoms with Crippen LogP contribution in [0, 0.1) is 12.3 Å². The molecule has 0 radical (unpaired) electrons. The van der Waals surface area contributed by atoms with Crippen LogP contribution in [0.4, 0.5) is 0 Å². The second-order valence-corrected chi connectivity index (χ2v) is 7.00. The van der Waals surface area contributed by atoms with E-state index in [0.717, 1.165) is 4.47 Å². The van der Waals surface area contributed by atoms with E-state index in [1.807, 2.05) is 0 Å². The number of carbonyl (C=O) groups is 1. The lowest BCUT2D eigenvalue weighted by atomic mass is 10.2. The minimum atomic E-state index is -3.76. The van der Waals surface area contributed by atoms with Crippen LogP contribution in [-0.2, 0) is 21.4 Å². The maximum Gasteiger partial charge on any atom is 0.264 e. The molecule has 132 valence electrons. The Morgan fingerprint density at radius 1 is 1.28 bits per heavy atom. The average Bonchev–Trinajstić information content (AvgIpc) is 3.13. The third kappa shape index (κ3) is 4.28. The summed E-state index contributed by atoms with van der Waals surface area (Å²) in [6.45, 7) is 0.328. The van der Waals surface area contributed by atoms with Crippen molar-refractivity contribution < 1.29 is 22.5 Å². The summed E-state index contributed by atoms with van der Waals surface area (Å²) in [7, 11) is -1.23. The number of benzene rings is 1. The number of sulfonamides is 1. The van der Waals surface area contributed by atoms with Crippen LogP contribution in [0.1, 0.15) is 16.1 Å². The molecule has 0 saturated carbocycles. The van der Waals surface area contributed by atoms with Gasteiger partial charge in [0.1, 0.15) is 5.76 Å². The summed E-state index contributed by atoms with van der Waals surface area (Å²) in [5.41, 5.74) is 0.320. The first-order chi connectivity index (χ1) is 11.9. The van der Waals surface area contributed by atoms with E-state index in [-0.39, 0.29) is 23.9 Å². The van der Waals surface area contributed by atoms with E-state index in [4.69, 9.17) is 15.7 Å². The van der Waals surface area contributed by atoms with Crippen molar-refractivity contribution in [3.8, 4) is 12.3 Å². The predicted molar refractivity (Wildman–Crippen MR) is 90.7 cm³/mol. The highest BCUT2D eigenvalue weighted by Crippen LogP contribution is 2.17. The van der Waals surface area contributed by atoms with Crippen molar-refractivity contribution in [3.63, 3.8) is 0 Å². The minimum Gasteiger partial charge on any atom is -0.467 e. The normalized spacial score (nSPS) is 11.3. The molecule has 0 bridgehead atoms. The highest BCUT2D eigenvalue weighted by Gasteiger charge is 2.22. The standard InChI is InChI=1S/C17H18N2O5S/c1-4-11-19(13-15-6-5-12-24-15)17(20)14-7-9-16(10-8-14)25(21,22)18(2)23-3/h1,5-10,12H,11,13H2,2-3H3. The molecule has 0 N–H and O–H groups in total. The first-order valence-corrected chi connectivity index (χ1v) is 8.72. The molecular formula is C17H18N2O5S. The Morgan fingerprint density at radius 3 is 2.48 bits per heavy atom. The topological polar surface area (TPSA) is 80.1 Å². The van der Waals surface area contributed by atoms with Crippen molar-refractivity contribution in [2.45, 2.75) is 11.4 Å². The molecule has 7 nitrogen and oxygen atoms in total. The minimum absolute atomic E-state index is 0.0166. The maximum absolute atomic E-state index is 12.6. The zero-order valence-corrected chi connectivity index (χ0v) is 14.7. The van der Waals surface area contributed by atoms with Gasteiger partial charge in [-0.05, 0) is 36.4 Å². The molecule has 1 aromatic heterocycles. The van der Waals surface area contributed by atoms with E-state index in [9.17, 15) is 13.2 Å². The molecule has 0 unspecified atom stereocenters. The molecule has 0 saturated heterocycles. The molecule has 0 spiro atoms. The molecule has 2 rings (SSSR count). The second kappa shape index (κ2) is 7.98. The fourth-order valence-electron chi connectivity index (χ4n) is 2.10. The van der Waals surface area contributed by atoms with Gasteiger partial charge in [-0.1, -0.05) is 10.4 Å². The number of rotatable bonds is 7. The molecule has 0 aliphatic heterocycles. The quantitative estimate of drug-likeness (QED) is 0.554. The monoisotopic (exact) mass is 362 g/mol. The molecule has 1 aromatic carbocycles. The lowest BCUT2D eigenvalue weighted by Gasteiger charge is -2.19. The third-order valence-electron chi connectivity index (χ3n) is 3.49. The van der Waals surface area contributed by atoms with E-state index in [0.29, 0.717) is 11.3 Å². The largest absolute Gasteiger partial charge is 0.467 e.